The van der Waals surface area contributed by atoms with E-state index in [4.69, 9.17) is 0 Å². The number of aromatic nitrogens is 4. The fraction of sp³-hybridized carbons (Fsp3) is 0.471. The Bertz CT molecular complexity index is 724. The highest BCUT2D eigenvalue weighted by Crippen LogP contribution is 2.24. The van der Waals surface area contributed by atoms with Gasteiger partial charge in [-0.25, -0.2) is 19.9 Å². The second kappa shape index (κ2) is 7.10. The van der Waals surface area contributed by atoms with Crippen LogP contribution in [0.25, 0.3) is 0 Å². The Hall–Kier alpha value is -2.61. The quantitative estimate of drug-likeness (QED) is 0.873. The van der Waals surface area contributed by atoms with Gasteiger partial charge in [0.1, 0.15) is 5.82 Å². The van der Waals surface area contributed by atoms with Crippen molar-refractivity contribution in [3.8, 4) is 0 Å². The summed E-state index contributed by atoms with van der Waals surface area (Å²) in [4.78, 5) is 32.6. The van der Waals surface area contributed by atoms with E-state index >= 15 is 0 Å². The van der Waals surface area contributed by atoms with Gasteiger partial charge in [-0.05, 0) is 25.8 Å². The fourth-order valence-electron chi connectivity index (χ4n) is 3.10. The molecule has 1 atom stereocenters. The normalized spacial score (nSPS) is 20.4. The lowest BCUT2D eigenvalue weighted by Crippen LogP contribution is -2.55. The lowest BCUT2D eigenvalue weighted by Gasteiger charge is -2.41. The van der Waals surface area contributed by atoms with Gasteiger partial charge in [0.15, 0.2) is 0 Å². The molecule has 0 bridgehead atoms. The lowest BCUT2D eigenvalue weighted by atomic mass is 9.92. The topological polar surface area (TPSA) is 95.3 Å². The van der Waals surface area contributed by atoms with Crippen molar-refractivity contribution in [1.29, 1.82) is 0 Å². The summed E-state index contributed by atoms with van der Waals surface area (Å²) in [5, 5.41) is 11.0. The van der Waals surface area contributed by atoms with Crippen LogP contribution in [0.5, 0.6) is 0 Å². The van der Waals surface area contributed by atoms with Crippen LogP contribution in [0.4, 0.5) is 5.95 Å². The predicted octanol–water partition coefficient (Wildman–Crippen LogP) is 0.679. The highest BCUT2D eigenvalue weighted by atomic mass is 16.3. The number of carbonyl (C=O) groups excluding carboxylic acids is 1. The van der Waals surface area contributed by atoms with Crippen LogP contribution in [0.15, 0.2) is 30.9 Å². The molecule has 3 heterocycles. The molecule has 8 heteroatoms. The second-order valence-electron chi connectivity index (χ2n) is 6.48. The molecular weight excluding hydrogens is 320 g/mol. The van der Waals surface area contributed by atoms with Gasteiger partial charge in [-0.15, -0.1) is 0 Å². The second-order valence-corrected chi connectivity index (χ2v) is 6.48. The molecule has 132 valence electrons. The van der Waals surface area contributed by atoms with Crippen molar-refractivity contribution in [3.63, 3.8) is 0 Å². The molecule has 0 unspecified atom stereocenters. The van der Waals surface area contributed by atoms with E-state index in [1.807, 2.05) is 4.90 Å². The van der Waals surface area contributed by atoms with E-state index in [1.165, 1.54) is 17.3 Å². The number of aliphatic hydroxyl groups is 1. The average Bonchev–Trinajstić information content (AvgIpc) is 2.62. The molecule has 1 amide bonds. The molecular formula is C17H22N6O2. The first-order chi connectivity index (χ1) is 12.0. The number of hydrogen-bond donors (Lipinski definition) is 1. The largest absolute Gasteiger partial charge is 0.386 e. The molecule has 0 saturated carbocycles. The van der Waals surface area contributed by atoms with Crippen LogP contribution in [0.3, 0.4) is 0 Å². The first kappa shape index (κ1) is 17.2. The number of rotatable bonds is 4. The number of likely N-dealkylation sites (N-methyl/N-ethyl adjacent to an activating group) is 1. The number of carbonyl (C=O) groups is 1. The minimum atomic E-state index is -1.01. The van der Waals surface area contributed by atoms with Gasteiger partial charge in [-0.1, -0.05) is 0 Å². The minimum absolute atomic E-state index is 0.207. The molecule has 25 heavy (non-hydrogen) atoms. The van der Waals surface area contributed by atoms with Gasteiger partial charge in [0.2, 0.25) is 5.95 Å². The van der Waals surface area contributed by atoms with Crippen LogP contribution in [0.1, 0.15) is 29.0 Å². The van der Waals surface area contributed by atoms with E-state index < -0.39 is 5.60 Å². The molecule has 0 radical (unpaired) electrons. The summed E-state index contributed by atoms with van der Waals surface area (Å²) in [6.45, 7) is 3.17. The number of aryl methyl sites for hydroxylation is 1. The Morgan fingerprint density at radius 3 is 2.64 bits per heavy atom. The Morgan fingerprint density at radius 1 is 1.28 bits per heavy atom. The first-order valence-electron chi connectivity index (χ1n) is 8.25. The van der Waals surface area contributed by atoms with Crippen molar-refractivity contribution in [2.75, 3.05) is 31.6 Å². The van der Waals surface area contributed by atoms with Crippen molar-refractivity contribution in [2.24, 2.45) is 0 Å². The lowest BCUT2D eigenvalue weighted by molar-refractivity contribution is -0.000321. The molecule has 8 nitrogen and oxygen atoms in total. The van der Waals surface area contributed by atoms with Gasteiger partial charge < -0.3 is 14.9 Å². The van der Waals surface area contributed by atoms with Crippen LogP contribution in [0.2, 0.25) is 0 Å². The number of β-amino-alcohol motifs (C(OH)–C–C–N with tert-alkyl or cyclic N) is 1. The maximum atomic E-state index is 12.5. The summed E-state index contributed by atoms with van der Waals surface area (Å²) >= 11 is 0. The third-order valence-corrected chi connectivity index (χ3v) is 4.30. The van der Waals surface area contributed by atoms with Gasteiger partial charge in [-0.2, -0.15) is 0 Å². The molecule has 0 spiro atoms. The first-order valence-corrected chi connectivity index (χ1v) is 8.25. The standard InChI is InChI=1S/C17H22N6O2/c1-13-20-9-14(10-21-13)15(24)22(2)11-17(25)5-3-8-23(12-17)16-18-6-4-7-19-16/h4,6-7,9-10,25H,3,5,8,11-12H2,1-2H3/t17-/m0/s1. The van der Waals surface area contributed by atoms with Gasteiger partial charge in [0, 0.05) is 38.4 Å². The highest BCUT2D eigenvalue weighted by molar-refractivity contribution is 5.93. The third-order valence-electron chi connectivity index (χ3n) is 4.30. The van der Waals surface area contributed by atoms with E-state index in [2.05, 4.69) is 19.9 Å². The number of anilines is 1. The Labute approximate surface area is 146 Å². The Balaban J connectivity index is 1.68. The maximum absolute atomic E-state index is 12.5. The molecule has 1 saturated heterocycles. The molecule has 3 rings (SSSR count). The minimum Gasteiger partial charge on any atom is -0.386 e. The fourth-order valence-corrected chi connectivity index (χ4v) is 3.10. The van der Waals surface area contributed by atoms with Crippen molar-refractivity contribution >= 4 is 11.9 Å². The molecule has 0 aliphatic carbocycles. The Kier molecular flexibility index (Phi) is 4.89. The average molecular weight is 342 g/mol. The summed E-state index contributed by atoms with van der Waals surface area (Å²) in [5.74, 6) is 1.01. The van der Waals surface area contributed by atoms with E-state index in [-0.39, 0.29) is 12.5 Å². The molecule has 2 aromatic rings. The molecule has 1 aliphatic heterocycles. The van der Waals surface area contributed by atoms with Gasteiger partial charge in [0.05, 0.1) is 24.3 Å². The zero-order valence-electron chi connectivity index (χ0n) is 14.5. The monoisotopic (exact) mass is 342 g/mol. The van der Waals surface area contributed by atoms with Gasteiger partial charge in [-0.3, -0.25) is 4.79 Å². The molecule has 2 aromatic heterocycles. The predicted molar refractivity (Wildman–Crippen MR) is 92.2 cm³/mol. The maximum Gasteiger partial charge on any atom is 0.256 e. The highest BCUT2D eigenvalue weighted by Gasteiger charge is 2.36. The third kappa shape index (κ3) is 4.08. The van der Waals surface area contributed by atoms with Gasteiger partial charge in [0.25, 0.3) is 5.91 Å². The van der Waals surface area contributed by atoms with Crippen LogP contribution >= 0.6 is 0 Å². The SMILES string of the molecule is Cc1ncc(C(=O)N(C)C[C@@]2(O)CCCN(c3ncccn3)C2)cn1. The van der Waals surface area contributed by atoms with Crippen molar-refractivity contribution in [2.45, 2.75) is 25.4 Å². The zero-order valence-corrected chi connectivity index (χ0v) is 14.5. The number of hydrogen-bond acceptors (Lipinski definition) is 7. The van der Waals surface area contributed by atoms with Gasteiger partial charge >= 0.3 is 0 Å². The van der Waals surface area contributed by atoms with E-state index in [0.29, 0.717) is 30.3 Å². The summed E-state index contributed by atoms with van der Waals surface area (Å²) in [5.41, 5.74) is -0.594. The van der Waals surface area contributed by atoms with Crippen LogP contribution in [0, 0.1) is 6.92 Å². The number of amides is 1. The Morgan fingerprint density at radius 2 is 1.96 bits per heavy atom. The van der Waals surface area contributed by atoms with E-state index in [9.17, 15) is 9.90 Å². The number of piperidine rings is 1. The van der Waals surface area contributed by atoms with Crippen LogP contribution < -0.4 is 4.90 Å². The number of nitrogens with zero attached hydrogens (tertiary/aromatic N) is 6. The summed E-state index contributed by atoms with van der Waals surface area (Å²) in [6, 6.07) is 1.76. The molecule has 1 aliphatic rings. The molecule has 1 N–H and O–H groups in total. The van der Waals surface area contributed by atoms with E-state index in [0.717, 1.165) is 13.0 Å². The molecule has 0 aromatic carbocycles. The van der Waals surface area contributed by atoms with E-state index in [1.54, 1.807) is 32.4 Å². The summed E-state index contributed by atoms with van der Waals surface area (Å²) < 4.78 is 0. The molecule has 1 fully saturated rings. The van der Waals surface area contributed by atoms with Crippen molar-refractivity contribution in [1.82, 2.24) is 24.8 Å². The smallest absolute Gasteiger partial charge is 0.256 e. The van der Waals surface area contributed by atoms with Crippen molar-refractivity contribution < 1.29 is 9.90 Å². The summed E-state index contributed by atoms with van der Waals surface area (Å²) in [7, 11) is 1.68. The van der Waals surface area contributed by atoms with Crippen molar-refractivity contribution in [3.05, 3.63) is 42.2 Å². The van der Waals surface area contributed by atoms with Crippen LogP contribution in [-0.2, 0) is 0 Å². The van der Waals surface area contributed by atoms with Crippen LogP contribution in [-0.4, -0.2) is 68.1 Å². The summed E-state index contributed by atoms with van der Waals surface area (Å²) in [6.07, 6.45) is 7.82. The zero-order chi connectivity index (χ0) is 17.9.